The Hall–Kier alpha value is -0.310. The van der Waals surface area contributed by atoms with E-state index < -0.39 is 0 Å². The van der Waals surface area contributed by atoms with Crippen LogP contribution in [0.5, 0.6) is 0 Å². The van der Waals surface area contributed by atoms with Gasteiger partial charge in [-0.3, -0.25) is 0 Å². The third-order valence-corrected chi connectivity index (χ3v) is 4.45. The summed E-state index contributed by atoms with van der Waals surface area (Å²) >= 11 is 5.35. The van der Waals surface area contributed by atoms with Gasteiger partial charge in [-0.05, 0) is 32.0 Å². The van der Waals surface area contributed by atoms with Gasteiger partial charge in [-0.25, -0.2) is 0 Å². The Morgan fingerprint density at radius 3 is 1.86 bits per heavy atom. The van der Waals surface area contributed by atoms with Gasteiger partial charge >= 0.3 is 0 Å². The van der Waals surface area contributed by atoms with Gasteiger partial charge in [0.1, 0.15) is 0 Å². The first-order valence-electron chi connectivity index (χ1n) is 9.75. The normalized spacial score (nSPS) is 12.1. The summed E-state index contributed by atoms with van der Waals surface area (Å²) in [6.45, 7) is 7.76. The van der Waals surface area contributed by atoms with Crippen molar-refractivity contribution in [2.45, 2.75) is 110 Å². The summed E-state index contributed by atoms with van der Waals surface area (Å²) in [7, 11) is 0. The molecule has 2 nitrogen and oxygen atoms in total. The van der Waals surface area contributed by atoms with Crippen molar-refractivity contribution in [1.29, 1.82) is 0 Å². The van der Waals surface area contributed by atoms with E-state index in [-0.39, 0.29) is 0 Å². The number of hydrogen-bond donors (Lipinski definition) is 2. The van der Waals surface area contributed by atoms with Crippen LogP contribution in [-0.2, 0) is 0 Å². The van der Waals surface area contributed by atoms with Crippen molar-refractivity contribution in [3.8, 4) is 0 Å². The van der Waals surface area contributed by atoms with Crippen molar-refractivity contribution < 1.29 is 0 Å². The van der Waals surface area contributed by atoms with E-state index in [2.05, 4.69) is 31.4 Å². The van der Waals surface area contributed by atoms with E-state index in [1.54, 1.807) is 0 Å². The van der Waals surface area contributed by atoms with E-state index in [1.165, 1.54) is 83.5 Å². The fraction of sp³-hybridized carbons (Fsp3) is 0.947. The van der Waals surface area contributed by atoms with Crippen LogP contribution in [0.1, 0.15) is 104 Å². The Labute approximate surface area is 145 Å². The lowest BCUT2D eigenvalue weighted by molar-refractivity contribution is 0.545. The van der Waals surface area contributed by atoms with Crippen LogP contribution in [0.3, 0.4) is 0 Å². The smallest absolute Gasteiger partial charge is 0.166 e. The second-order valence-corrected chi connectivity index (χ2v) is 7.03. The first kappa shape index (κ1) is 21.7. The number of nitrogens with one attached hydrogen (secondary N) is 2. The summed E-state index contributed by atoms with van der Waals surface area (Å²) in [5.74, 6) is 0. The van der Waals surface area contributed by atoms with Crippen LogP contribution in [0.15, 0.2) is 0 Å². The van der Waals surface area contributed by atoms with Gasteiger partial charge in [0.2, 0.25) is 0 Å². The van der Waals surface area contributed by atoms with Crippen LogP contribution in [-0.4, -0.2) is 17.7 Å². The lowest BCUT2D eigenvalue weighted by atomic mass is 10.1. The van der Waals surface area contributed by atoms with Crippen molar-refractivity contribution >= 4 is 17.3 Å². The van der Waals surface area contributed by atoms with E-state index in [0.29, 0.717) is 6.04 Å². The summed E-state index contributed by atoms with van der Waals surface area (Å²) in [6, 6.07) is 0.495. The monoisotopic (exact) mass is 328 g/mol. The van der Waals surface area contributed by atoms with Gasteiger partial charge in [0, 0.05) is 12.6 Å². The molecule has 132 valence electrons. The van der Waals surface area contributed by atoms with Gasteiger partial charge in [-0.1, -0.05) is 84.5 Å². The first-order valence-corrected chi connectivity index (χ1v) is 10.2. The molecule has 0 saturated heterocycles. The highest BCUT2D eigenvalue weighted by molar-refractivity contribution is 7.80. The predicted octanol–water partition coefficient (Wildman–Crippen LogP) is 5.95. The number of hydrogen-bond acceptors (Lipinski definition) is 1. The van der Waals surface area contributed by atoms with Crippen LogP contribution < -0.4 is 10.6 Å². The Morgan fingerprint density at radius 2 is 1.27 bits per heavy atom. The van der Waals surface area contributed by atoms with E-state index >= 15 is 0 Å². The topological polar surface area (TPSA) is 24.1 Å². The van der Waals surface area contributed by atoms with Crippen molar-refractivity contribution in [1.82, 2.24) is 10.6 Å². The number of thiocarbonyl (C=S) groups is 1. The molecule has 0 heterocycles. The second-order valence-electron chi connectivity index (χ2n) is 6.63. The van der Waals surface area contributed by atoms with E-state index in [0.717, 1.165) is 11.7 Å². The Kier molecular flexibility index (Phi) is 16.8. The summed E-state index contributed by atoms with van der Waals surface area (Å²) in [5.41, 5.74) is 0. The van der Waals surface area contributed by atoms with Gasteiger partial charge in [0.05, 0.1) is 0 Å². The van der Waals surface area contributed by atoms with Crippen LogP contribution in [0.25, 0.3) is 0 Å². The molecule has 0 aliphatic rings. The van der Waals surface area contributed by atoms with Crippen molar-refractivity contribution in [3.05, 3.63) is 0 Å². The molecule has 0 aliphatic heterocycles. The Bertz CT molecular complexity index is 244. The molecule has 1 unspecified atom stereocenters. The van der Waals surface area contributed by atoms with Crippen LogP contribution in [0, 0.1) is 0 Å². The second kappa shape index (κ2) is 17.1. The Morgan fingerprint density at radius 1 is 0.773 bits per heavy atom. The maximum atomic E-state index is 5.35. The molecule has 22 heavy (non-hydrogen) atoms. The minimum absolute atomic E-state index is 0.495. The van der Waals surface area contributed by atoms with E-state index in [9.17, 15) is 0 Å². The molecule has 0 aromatic rings. The molecule has 3 heteroatoms. The molecule has 0 saturated carbocycles. The lowest BCUT2D eigenvalue weighted by Crippen LogP contribution is -2.40. The summed E-state index contributed by atoms with van der Waals surface area (Å²) in [5, 5.41) is 7.57. The molecule has 0 radical (unpaired) electrons. The fourth-order valence-electron chi connectivity index (χ4n) is 2.69. The van der Waals surface area contributed by atoms with Crippen molar-refractivity contribution in [3.63, 3.8) is 0 Å². The molecular weight excluding hydrogens is 288 g/mol. The van der Waals surface area contributed by atoms with Gasteiger partial charge in [0.25, 0.3) is 0 Å². The number of rotatable bonds is 15. The third kappa shape index (κ3) is 16.1. The molecular formula is C19H40N2S. The highest BCUT2D eigenvalue weighted by Gasteiger charge is 2.03. The quantitative estimate of drug-likeness (QED) is 0.287. The lowest BCUT2D eigenvalue weighted by Gasteiger charge is -2.16. The van der Waals surface area contributed by atoms with Gasteiger partial charge in [-0.15, -0.1) is 0 Å². The highest BCUT2D eigenvalue weighted by atomic mass is 32.1. The zero-order valence-corrected chi connectivity index (χ0v) is 16.2. The van der Waals surface area contributed by atoms with Crippen molar-refractivity contribution in [2.24, 2.45) is 0 Å². The standard InChI is InChI=1S/C19H40N2S/c1-4-6-8-9-10-11-12-13-15-17-20-19(22)21-18(3)16-14-7-5-2/h18H,4-17H2,1-3H3,(H2,20,21,22). The van der Waals surface area contributed by atoms with E-state index in [4.69, 9.17) is 12.2 Å². The molecule has 0 aliphatic carbocycles. The molecule has 0 spiro atoms. The third-order valence-electron chi connectivity index (χ3n) is 4.18. The van der Waals surface area contributed by atoms with Gasteiger partial charge in [0.15, 0.2) is 5.11 Å². The molecule has 0 fully saturated rings. The first-order chi connectivity index (χ1) is 10.7. The van der Waals surface area contributed by atoms with Crippen LogP contribution in [0.2, 0.25) is 0 Å². The molecule has 0 aromatic heterocycles. The minimum atomic E-state index is 0.495. The predicted molar refractivity (Wildman–Crippen MR) is 105 cm³/mol. The average Bonchev–Trinajstić information content (AvgIpc) is 2.49. The maximum Gasteiger partial charge on any atom is 0.166 e. The average molecular weight is 329 g/mol. The van der Waals surface area contributed by atoms with Crippen molar-refractivity contribution in [2.75, 3.05) is 6.54 Å². The zero-order valence-electron chi connectivity index (χ0n) is 15.4. The van der Waals surface area contributed by atoms with Gasteiger partial charge < -0.3 is 10.6 Å². The van der Waals surface area contributed by atoms with Crippen LogP contribution in [0.4, 0.5) is 0 Å². The summed E-state index contributed by atoms with van der Waals surface area (Å²) < 4.78 is 0. The molecule has 0 rings (SSSR count). The molecule has 1 atom stereocenters. The molecule has 2 N–H and O–H groups in total. The minimum Gasteiger partial charge on any atom is -0.363 e. The number of unbranched alkanes of at least 4 members (excludes halogenated alkanes) is 10. The maximum absolute atomic E-state index is 5.35. The van der Waals surface area contributed by atoms with Gasteiger partial charge in [-0.2, -0.15) is 0 Å². The zero-order chi connectivity index (χ0) is 16.5. The highest BCUT2D eigenvalue weighted by Crippen LogP contribution is 2.09. The SMILES string of the molecule is CCCCCCCCCCCNC(=S)NC(C)CCCCC. The molecule has 0 aromatic carbocycles. The summed E-state index contributed by atoms with van der Waals surface area (Å²) in [6.07, 6.45) is 17.5. The largest absolute Gasteiger partial charge is 0.363 e. The molecule has 0 bridgehead atoms. The Balaban J connectivity index is 3.27. The fourth-order valence-corrected chi connectivity index (χ4v) is 2.99. The molecule has 0 amide bonds. The summed E-state index contributed by atoms with van der Waals surface area (Å²) in [4.78, 5) is 0. The van der Waals surface area contributed by atoms with Crippen LogP contribution >= 0.6 is 12.2 Å². The van der Waals surface area contributed by atoms with E-state index in [1.807, 2.05) is 0 Å².